The van der Waals surface area contributed by atoms with Gasteiger partial charge in [0.2, 0.25) is 5.91 Å². The van der Waals surface area contributed by atoms with E-state index in [1.54, 1.807) is 11.3 Å². The second-order valence-electron chi connectivity index (χ2n) is 4.98. The third-order valence-corrected chi connectivity index (χ3v) is 4.12. The average molecular weight is 333 g/mol. The van der Waals surface area contributed by atoms with Crippen molar-refractivity contribution in [2.45, 2.75) is 20.3 Å². The van der Waals surface area contributed by atoms with Gasteiger partial charge in [-0.05, 0) is 37.7 Å². The van der Waals surface area contributed by atoms with Crippen LogP contribution in [0.15, 0.2) is 29.6 Å². The topological polar surface area (TPSA) is 63.2 Å². The lowest BCUT2D eigenvalue weighted by Gasteiger charge is -2.04. The van der Waals surface area contributed by atoms with E-state index < -0.39 is 0 Å². The Morgan fingerprint density at radius 3 is 2.70 bits per heavy atom. The van der Waals surface area contributed by atoms with Crippen LogP contribution in [0.4, 0.5) is 0 Å². The van der Waals surface area contributed by atoms with Gasteiger partial charge in [-0.3, -0.25) is 4.79 Å². The van der Waals surface area contributed by atoms with Gasteiger partial charge < -0.3 is 15.4 Å². The highest BCUT2D eigenvalue weighted by molar-refractivity contribution is 7.13. The van der Waals surface area contributed by atoms with Gasteiger partial charge in [-0.25, -0.2) is 4.98 Å². The zero-order chi connectivity index (χ0) is 16.5. The van der Waals surface area contributed by atoms with Gasteiger partial charge in [0.05, 0.1) is 18.7 Å². The molecule has 1 aromatic heterocycles. The summed E-state index contributed by atoms with van der Waals surface area (Å²) in [6.45, 7) is 7.00. The Balaban J connectivity index is 1.88. The van der Waals surface area contributed by atoms with Gasteiger partial charge in [0.15, 0.2) is 0 Å². The Kier molecular flexibility index (Phi) is 7.03. The van der Waals surface area contributed by atoms with Crippen molar-refractivity contribution in [2.75, 3.05) is 26.2 Å². The highest BCUT2D eigenvalue weighted by Crippen LogP contribution is 2.25. The maximum Gasteiger partial charge on any atom is 0.226 e. The minimum absolute atomic E-state index is 0.00597. The minimum Gasteiger partial charge on any atom is -0.494 e. The van der Waals surface area contributed by atoms with E-state index in [1.165, 1.54) is 0 Å². The van der Waals surface area contributed by atoms with Crippen molar-refractivity contribution >= 4 is 17.2 Å². The van der Waals surface area contributed by atoms with Gasteiger partial charge in [0, 0.05) is 24.0 Å². The molecule has 0 radical (unpaired) electrons. The Labute approximate surface area is 141 Å². The third kappa shape index (κ3) is 5.65. The Morgan fingerprint density at radius 2 is 2.00 bits per heavy atom. The summed E-state index contributed by atoms with van der Waals surface area (Å²) >= 11 is 1.55. The number of aromatic nitrogens is 1. The van der Waals surface area contributed by atoms with Crippen molar-refractivity contribution in [3.05, 3.63) is 35.3 Å². The van der Waals surface area contributed by atoms with Crippen molar-refractivity contribution in [3.63, 3.8) is 0 Å². The largest absolute Gasteiger partial charge is 0.494 e. The molecule has 124 valence electrons. The number of hydrogen-bond donors (Lipinski definition) is 2. The summed E-state index contributed by atoms with van der Waals surface area (Å²) in [6.07, 6.45) is 0.319. The molecule has 0 atom stereocenters. The number of likely N-dealkylation sites (N-methyl/N-ethyl adjacent to an activating group) is 1. The van der Waals surface area contributed by atoms with Crippen LogP contribution in [-0.2, 0) is 11.2 Å². The lowest BCUT2D eigenvalue weighted by atomic mass is 10.2. The second-order valence-corrected chi connectivity index (χ2v) is 5.84. The normalized spacial score (nSPS) is 10.5. The summed E-state index contributed by atoms with van der Waals surface area (Å²) in [5, 5.41) is 8.91. The van der Waals surface area contributed by atoms with Crippen molar-refractivity contribution < 1.29 is 9.53 Å². The molecular formula is C17H23N3O2S. The van der Waals surface area contributed by atoms with E-state index in [9.17, 15) is 4.79 Å². The zero-order valence-electron chi connectivity index (χ0n) is 13.6. The molecule has 6 heteroatoms. The number of ether oxygens (including phenoxy) is 1. The molecule has 2 aromatic rings. The number of carbonyl (C=O) groups excluding carboxylic acids is 1. The molecule has 0 aliphatic carbocycles. The summed E-state index contributed by atoms with van der Waals surface area (Å²) in [7, 11) is 0. The number of nitrogens with one attached hydrogen (secondary N) is 2. The van der Waals surface area contributed by atoms with Crippen LogP contribution in [-0.4, -0.2) is 37.1 Å². The molecule has 0 spiro atoms. The van der Waals surface area contributed by atoms with Crippen LogP contribution in [0.1, 0.15) is 19.5 Å². The molecule has 2 N–H and O–H groups in total. The SMILES string of the molecule is CCNCCNC(=O)Cc1csc(-c2ccc(OCC)cc2)n1. The summed E-state index contributed by atoms with van der Waals surface area (Å²) in [5.74, 6) is 0.861. The van der Waals surface area contributed by atoms with Crippen molar-refractivity contribution in [3.8, 4) is 16.3 Å². The minimum atomic E-state index is 0.00597. The van der Waals surface area contributed by atoms with E-state index in [-0.39, 0.29) is 5.91 Å². The van der Waals surface area contributed by atoms with Crippen LogP contribution in [0.2, 0.25) is 0 Å². The first-order valence-corrected chi connectivity index (χ1v) is 8.76. The predicted molar refractivity (Wildman–Crippen MR) is 94.0 cm³/mol. The van der Waals surface area contributed by atoms with E-state index in [1.807, 2.05) is 43.5 Å². The first kappa shape index (κ1) is 17.4. The van der Waals surface area contributed by atoms with Gasteiger partial charge in [-0.2, -0.15) is 0 Å². The van der Waals surface area contributed by atoms with E-state index in [2.05, 4.69) is 15.6 Å². The highest BCUT2D eigenvalue weighted by atomic mass is 32.1. The number of nitrogens with zero attached hydrogens (tertiary/aromatic N) is 1. The zero-order valence-corrected chi connectivity index (χ0v) is 14.4. The van der Waals surface area contributed by atoms with Crippen LogP contribution in [0.5, 0.6) is 5.75 Å². The summed E-state index contributed by atoms with van der Waals surface area (Å²) in [6, 6.07) is 7.86. The first-order chi connectivity index (χ1) is 11.2. The Hall–Kier alpha value is -1.92. The summed E-state index contributed by atoms with van der Waals surface area (Å²) in [4.78, 5) is 16.4. The van der Waals surface area contributed by atoms with Crippen molar-refractivity contribution in [1.29, 1.82) is 0 Å². The van der Waals surface area contributed by atoms with E-state index >= 15 is 0 Å². The van der Waals surface area contributed by atoms with Crippen LogP contribution in [0.3, 0.4) is 0 Å². The van der Waals surface area contributed by atoms with Crippen molar-refractivity contribution in [1.82, 2.24) is 15.6 Å². The van der Waals surface area contributed by atoms with E-state index in [0.717, 1.165) is 35.1 Å². The molecule has 0 aliphatic heterocycles. The van der Waals surface area contributed by atoms with Gasteiger partial charge in [0.1, 0.15) is 10.8 Å². The quantitative estimate of drug-likeness (QED) is 0.692. The number of rotatable bonds is 9. The highest BCUT2D eigenvalue weighted by Gasteiger charge is 2.09. The fourth-order valence-corrected chi connectivity index (χ4v) is 2.90. The lowest BCUT2D eigenvalue weighted by Crippen LogP contribution is -2.32. The molecule has 1 aromatic carbocycles. The van der Waals surface area contributed by atoms with E-state index in [0.29, 0.717) is 19.6 Å². The number of carbonyl (C=O) groups is 1. The maximum atomic E-state index is 11.8. The lowest BCUT2D eigenvalue weighted by molar-refractivity contribution is -0.120. The number of hydrogen-bond acceptors (Lipinski definition) is 5. The molecule has 2 rings (SSSR count). The molecule has 1 amide bonds. The first-order valence-electron chi connectivity index (χ1n) is 7.88. The standard InChI is InChI=1S/C17H23N3O2S/c1-3-18-9-10-19-16(21)11-14-12-23-17(20-14)13-5-7-15(8-6-13)22-4-2/h5-8,12,18H,3-4,9-11H2,1-2H3,(H,19,21). The smallest absolute Gasteiger partial charge is 0.226 e. The number of benzene rings is 1. The van der Waals surface area contributed by atoms with Gasteiger partial charge in [-0.1, -0.05) is 6.92 Å². The fraction of sp³-hybridized carbons (Fsp3) is 0.412. The van der Waals surface area contributed by atoms with Gasteiger partial charge >= 0.3 is 0 Å². The third-order valence-electron chi connectivity index (χ3n) is 3.18. The molecule has 23 heavy (non-hydrogen) atoms. The van der Waals surface area contributed by atoms with E-state index in [4.69, 9.17) is 4.74 Å². The molecule has 0 unspecified atom stereocenters. The van der Waals surface area contributed by atoms with Crippen LogP contribution >= 0.6 is 11.3 Å². The van der Waals surface area contributed by atoms with Crippen LogP contribution in [0.25, 0.3) is 10.6 Å². The molecule has 0 fully saturated rings. The molecule has 0 bridgehead atoms. The molecular weight excluding hydrogens is 310 g/mol. The maximum absolute atomic E-state index is 11.8. The molecule has 0 aliphatic rings. The molecule has 1 heterocycles. The number of thiazole rings is 1. The Bertz CT molecular complexity index is 611. The Morgan fingerprint density at radius 1 is 1.22 bits per heavy atom. The molecule has 0 saturated carbocycles. The van der Waals surface area contributed by atoms with Crippen LogP contribution in [0, 0.1) is 0 Å². The van der Waals surface area contributed by atoms with Gasteiger partial charge in [0.25, 0.3) is 0 Å². The molecule has 0 saturated heterocycles. The summed E-state index contributed by atoms with van der Waals surface area (Å²) < 4.78 is 5.43. The predicted octanol–water partition coefficient (Wildman–Crippen LogP) is 2.48. The molecule has 5 nitrogen and oxygen atoms in total. The average Bonchev–Trinajstić information content (AvgIpc) is 3.01. The number of amides is 1. The second kappa shape index (κ2) is 9.27. The van der Waals surface area contributed by atoms with Crippen molar-refractivity contribution in [2.24, 2.45) is 0 Å². The van der Waals surface area contributed by atoms with Gasteiger partial charge in [-0.15, -0.1) is 11.3 Å². The summed E-state index contributed by atoms with van der Waals surface area (Å²) in [5.41, 5.74) is 1.84. The van der Waals surface area contributed by atoms with Crippen LogP contribution < -0.4 is 15.4 Å². The fourth-order valence-electron chi connectivity index (χ4n) is 2.08. The monoisotopic (exact) mass is 333 g/mol.